The van der Waals surface area contributed by atoms with Crippen molar-refractivity contribution in [3.63, 3.8) is 0 Å². The van der Waals surface area contributed by atoms with E-state index in [2.05, 4.69) is 15.1 Å². The number of alkyl halides is 6. The van der Waals surface area contributed by atoms with Crippen molar-refractivity contribution < 1.29 is 26.3 Å². The Kier molecular flexibility index (Phi) is 6.61. The number of nitrogens with zero attached hydrogens (tertiary/aromatic N) is 3. The van der Waals surface area contributed by atoms with E-state index in [0.717, 1.165) is 50.3 Å². The number of piperazine rings is 1. The topological polar surface area (TPSA) is 20.6 Å². The molecule has 3 atom stereocenters. The summed E-state index contributed by atoms with van der Waals surface area (Å²) < 4.78 is 81.5. The summed E-state index contributed by atoms with van der Waals surface area (Å²) in [6.07, 6.45) is -6.58. The number of hydrogen-bond donors (Lipinski definition) is 0. The van der Waals surface area contributed by atoms with Crippen LogP contribution in [0.3, 0.4) is 0 Å². The third-order valence-corrected chi connectivity index (χ3v) is 7.52. The zero-order valence-corrected chi connectivity index (χ0v) is 19.2. The maximum atomic E-state index is 13.6. The number of halogens is 6. The van der Waals surface area contributed by atoms with Gasteiger partial charge in [-0.15, -0.1) is 0 Å². The lowest BCUT2D eigenvalue weighted by atomic mass is 9.76. The highest BCUT2D eigenvalue weighted by atomic mass is 19.4. The number of benzene rings is 2. The molecule has 1 aliphatic carbocycles. The summed E-state index contributed by atoms with van der Waals surface area (Å²) in [6.45, 7) is 3.96. The van der Waals surface area contributed by atoms with E-state index < -0.39 is 29.5 Å². The zero-order valence-electron chi connectivity index (χ0n) is 19.2. The summed E-state index contributed by atoms with van der Waals surface area (Å²) in [6, 6.07) is 11.2. The molecular weight excluding hydrogens is 468 g/mol. The first-order chi connectivity index (χ1) is 16.6. The molecule has 2 aliphatic heterocycles. The van der Waals surface area contributed by atoms with Crippen molar-refractivity contribution in [1.82, 2.24) is 15.1 Å². The normalized spacial score (nSPS) is 27.2. The van der Waals surface area contributed by atoms with Gasteiger partial charge in [-0.2, -0.15) is 26.3 Å². The minimum Gasteiger partial charge on any atom is -0.298 e. The summed E-state index contributed by atoms with van der Waals surface area (Å²) in [5.41, 5.74) is -1.71. The van der Waals surface area contributed by atoms with Gasteiger partial charge < -0.3 is 0 Å². The van der Waals surface area contributed by atoms with Crippen LogP contribution in [-0.4, -0.2) is 54.6 Å². The smallest absolute Gasteiger partial charge is 0.298 e. The van der Waals surface area contributed by atoms with E-state index >= 15 is 0 Å². The van der Waals surface area contributed by atoms with Crippen LogP contribution in [0, 0.1) is 0 Å². The molecule has 2 saturated heterocycles. The molecule has 1 radical (unpaired) electrons. The molecule has 2 heterocycles. The van der Waals surface area contributed by atoms with Crippen LogP contribution in [0.15, 0.2) is 48.5 Å². The molecule has 0 bridgehead atoms. The molecule has 3 fully saturated rings. The minimum absolute atomic E-state index is 0.00914. The van der Waals surface area contributed by atoms with Crippen LogP contribution in [0.1, 0.15) is 53.5 Å². The second-order valence-corrected chi connectivity index (χ2v) is 9.79. The van der Waals surface area contributed by atoms with Crippen molar-refractivity contribution in [2.45, 2.75) is 55.7 Å². The molecule has 5 rings (SSSR count). The number of hydrogen-bond acceptors (Lipinski definition) is 2. The molecule has 9 heteroatoms. The van der Waals surface area contributed by atoms with Crippen LogP contribution in [0.4, 0.5) is 26.3 Å². The Labute approximate surface area is 201 Å². The quantitative estimate of drug-likeness (QED) is 0.506. The maximum absolute atomic E-state index is 13.6. The lowest BCUT2D eigenvalue weighted by molar-refractivity contribution is -0.143. The lowest BCUT2D eigenvalue weighted by Crippen LogP contribution is -2.55. The Bertz CT molecular complexity index is 978. The third kappa shape index (κ3) is 5.37. The van der Waals surface area contributed by atoms with Crippen LogP contribution < -0.4 is 5.32 Å². The van der Waals surface area contributed by atoms with Crippen molar-refractivity contribution in [2.75, 3.05) is 32.7 Å². The fourth-order valence-corrected chi connectivity index (χ4v) is 5.68. The Morgan fingerprint density at radius 3 is 1.80 bits per heavy atom. The van der Waals surface area contributed by atoms with Crippen molar-refractivity contribution in [1.29, 1.82) is 0 Å². The van der Waals surface area contributed by atoms with Crippen LogP contribution in [0.5, 0.6) is 0 Å². The predicted octanol–water partition coefficient (Wildman–Crippen LogP) is 5.71. The highest BCUT2D eigenvalue weighted by Crippen LogP contribution is 2.44. The Balaban J connectivity index is 1.52. The summed E-state index contributed by atoms with van der Waals surface area (Å²) in [5.74, 6) is -0.331. The Morgan fingerprint density at radius 1 is 0.686 bits per heavy atom. The monoisotopic (exact) mass is 496 g/mol. The van der Waals surface area contributed by atoms with Crippen molar-refractivity contribution in [2.24, 2.45) is 0 Å². The molecule has 0 spiro atoms. The van der Waals surface area contributed by atoms with Crippen LogP contribution in [0.2, 0.25) is 0 Å². The van der Waals surface area contributed by atoms with Gasteiger partial charge in [-0.05, 0) is 48.6 Å². The first-order valence-corrected chi connectivity index (χ1v) is 12.1. The van der Waals surface area contributed by atoms with E-state index in [1.165, 1.54) is 12.8 Å². The molecule has 0 N–H and O–H groups in total. The van der Waals surface area contributed by atoms with E-state index in [0.29, 0.717) is 12.6 Å². The van der Waals surface area contributed by atoms with Crippen LogP contribution in [0.25, 0.3) is 0 Å². The Hall–Kier alpha value is -2.10. The van der Waals surface area contributed by atoms with E-state index in [-0.39, 0.29) is 23.6 Å². The lowest BCUT2D eigenvalue weighted by Gasteiger charge is -2.47. The second kappa shape index (κ2) is 9.41. The summed E-state index contributed by atoms with van der Waals surface area (Å²) in [7, 11) is 0. The predicted molar refractivity (Wildman–Crippen MR) is 120 cm³/mol. The molecule has 35 heavy (non-hydrogen) atoms. The minimum atomic E-state index is -4.88. The maximum Gasteiger partial charge on any atom is 0.416 e. The van der Waals surface area contributed by atoms with Gasteiger partial charge in [0.15, 0.2) is 0 Å². The average molecular weight is 497 g/mol. The number of piperidine rings is 1. The van der Waals surface area contributed by atoms with Gasteiger partial charge >= 0.3 is 12.4 Å². The van der Waals surface area contributed by atoms with Gasteiger partial charge in [0.2, 0.25) is 0 Å². The first-order valence-electron chi connectivity index (χ1n) is 12.1. The van der Waals surface area contributed by atoms with Crippen LogP contribution in [-0.2, 0) is 12.4 Å². The summed E-state index contributed by atoms with van der Waals surface area (Å²) in [4.78, 5) is 4.86. The van der Waals surface area contributed by atoms with Gasteiger partial charge in [0, 0.05) is 50.7 Å². The van der Waals surface area contributed by atoms with Gasteiger partial charge in [0.05, 0.1) is 17.2 Å². The Morgan fingerprint density at radius 2 is 1.26 bits per heavy atom. The number of rotatable bonds is 4. The van der Waals surface area contributed by atoms with Crippen molar-refractivity contribution >= 4 is 0 Å². The van der Waals surface area contributed by atoms with E-state index in [1.807, 2.05) is 30.3 Å². The van der Waals surface area contributed by atoms with Crippen molar-refractivity contribution in [3.05, 3.63) is 70.8 Å². The SMILES string of the molecule is FC(F)(F)c1cc([C@H]2[N]CCC(N3CCN(C4CC4)CC3)[C@H]2c2ccccc2)cc(C(F)(F)F)c1. The molecule has 1 unspecified atom stereocenters. The van der Waals surface area contributed by atoms with Gasteiger partial charge in [-0.25, -0.2) is 5.32 Å². The van der Waals surface area contributed by atoms with Gasteiger partial charge in [-0.1, -0.05) is 30.3 Å². The second-order valence-electron chi connectivity index (χ2n) is 9.79. The molecule has 0 aromatic heterocycles. The molecule has 2 aromatic carbocycles. The highest BCUT2D eigenvalue weighted by molar-refractivity contribution is 5.38. The molecule has 1 saturated carbocycles. The standard InChI is InChI=1S/C26H28F6N3/c27-25(28,29)19-14-18(15-20(16-19)26(30,31)32)24-23(17-4-2-1-3-5-17)22(8-9-33-24)35-12-10-34(11-13-35)21-6-7-21/h1-5,14-16,21-24H,6-13H2/t22?,23-,24-/m1/s1. The molecule has 3 nitrogen and oxygen atoms in total. The fraction of sp³-hybridized carbons (Fsp3) is 0.538. The van der Waals surface area contributed by atoms with Crippen LogP contribution >= 0.6 is 0 Å². The van der Waals surface area contributed by atoms with E-state index in [4.69, 9.17) is 0 Å². The molecule has 189 valence electrons. The summed E-state index contributed by atoms with van der Waals surface area (Å²) in [5, 5.41) is 4.63. The summed E-state index contributed by atoms with van der Waals surface area (Å²) >= 11 is 0. The van der Waals surface area contributed by atoms with Gasteiger partial charge in [-0.3, -0.25) is 9.80 Å². The van der Waals surface area contributed by atoms with E-state index in [1.54, 1.807) is 0 Å². The average Bonchev–Trinajstić information content (AvgIpc) is 3.68. The van der Waals surface area contributed by atoms with E-state index in [9.17, 15) is 26.3 Å². The molecule has 2 aromatic rings. The zero-order chi connectivity index (χ0) is 24.8. The van der Waals surface area contributed by atoms with Gasteiger partial charge in [0.1, 0.15) is 0 Å². The third-order valence-electron chi connectivity index (χ3n) is 7.52. The largest absolute Gasteiger partial charge is 0.416 e. The molecule has 3 aliphatic rings. The molecule has 0 amide bonds. The highest BCUT2D eigenvalue weighted by Gasteiger charge is 2.43. The fourth-order valence-electron chi connectivity index (χ4n) is 5.68. The first kappa shape index (κ1) is 24.6. The molecular formula is C26H28F6N3. The van der Waals surface area contributed by atoms with Crippen molar-refractivity contribution in [3.8, 4) is 0 Å². The van der Waals surface area contributed by atoms with Gasteiger partial charge in [0.25, 0.3) is 0 Å².